The molecule has 0 aromatic carbocycles. The summed E-state index contributed by atoms with van der Waals surface area (Å²) in [7, 11) is 0. The standard InChI is InChI=1S/C11H19N/c1-3-5-6-7-8-9-10-11-12-4-2/h8-9,12H,4,6-7,10-11H2,1-2H3/b9-8+. The zero-order chi connectivity index (χ0) is 9.07. The van der Waals surface area contributed by atoms with Crippen molar-refractivity contribution >= 4 is 0 Å². The van der Waals surface area contributed by atoms with Gasteiger partial charge in [-0.05, 0) is 32.9 Å². The lowest BCUT2D eigenvalue weighted by atomic mass is 10.2. The predicted molar refractivity (Wildman–Crippen MR) is 55.0 cm³/mol. The van der Waals surface area contributed by atoms with Gasteiger partial charge in [-0.15, -0.1) is 11.8 Å². The van der Waals surface area contributed by atoms with Gasteiger partial charge in [0, 0.05) is 6.42 Å². The normalized spacial score (nSPS) is 9.83. The number of hydrogen-bond acceptors (Lipinski definition) is 1. The van der Waals surface area contributed by atoms with Crippen LogP contribution in [0.4, 0.5) is 0 Å². The smallest absolute Gasteiger partial charge is 0.0123 e. The van der Waals surface area contributed by atoms with Gasteiger partial charge in [-0.1, -0.05) is 19.1 Å². The molecule has 0 amide bonds. The predicted octanol–water partition coefficient (Wildman–Crippen LogP) is 2.35. The highest BCUT2D eigenvalue weighted by Gasteiger charge is 1.79. The molecule has 1 heteroatoms. The third-order valence-corrected chi connectivity index (χ3v) is 1.52. The van der Waals surface area contributed by atoms with Crippen molar-refractivity contribution in [3.8, 4) is 11.8 Å². The van der Waals surface area contributed by atoms with Crippen LogP contribution in [-0.2, 0) is 0 Å². The first-order valence-electron chi connectivity index (χ1n) is 4.67. The highest BCUT2D eigenvalue weighted by molar-refractivity contribution is 4.97. The van der Waals surface area contributed by atoms with Crippen LogP contribution in [0.5, 0.6) is 0 Å². The van der Waals surface area contributed by atoms with Crippen molar-refractivity contribution in [2.24, 2.45) is 0 Å². The van der Waals surface area contributed by atoms with Crippen LogP contribution < -0.4 is 5.32 Å². The molecule has 0 fully saturated rings. The van der Waals surface area contributed by atoms with Gasteiger partial charge in [-0.25, -0.2) is 0 Å². The van der Waals surface area contributed by atoms with E-state index in [0.717, 1.165) is 32.4 Å². The number of unbranched alkanes of at least 4 members (excludes halogenated alkanes) is 1. The van der Waals surface area contributed by atoms with Crippen molar-refractivity contribution in [1.29, 1.82) is 0 Å². The Morgan fingerprint density at radius 2 is 2.00 bits per heavy atom. The fourth-order valence-electron chi connectivity index (χ4n) is 0.878. The van der Waals surface area contributed by atoms with E-state index in [4.69, 9.17) is 0 Å². The average molecular weight is 165 g/mol. The van der Waals surface area contributed by atoms with Gasteiger partial charge in [0.1, 0.15) is 0 Å². The summed E-state index contributed by atoms with van der Waals surface area (Å²) in [6.07, 6.45) is 7.65. The summed E-state index contributed by atoms with van der Waals surface area (Å²) < 4.78 is 0. The second kappa shape index (κ2) is 10.3. The highest BCUT2D eigenvalue weighted by Crippen LogP contribution is 1.90. The Hall–Kier alpha value is -0.740. The van der Waals surface area contributed by atoms with E-state index in [0.29, 0.717) is 0 Å². The molecule has 0 rings (SSSR count). The summed E-state index contributed by atoms with van der Waals surface area (Å²) in [5, 5.41) is 3.27. The Morgan fingerprint density at radius 1 is 1.25 bits per heavy atom. The van der Waals surface area contributed by atoms with Crippen LogP contribution in [0.2, 0.25) is 0 Å². The van der Waals surface area contributed by atoms with Gasteiger partial charge in [0.05, 0.1) is 0 Å². The van der Waals surface area contributed by atoms with Gasteiger partial charge in [0.15, 0.2) is 0 Å². The van der Waals surface area contributed by atoms with Crippen molar-refractivity contribution in [2.75, 3.05) is 13.1 Å². The van der Waals surface area contributed by atoms with Crippen LogP contribution in [0.3, 0.4) is 0 Å². The number of nitrogens with one attached hydrogen (secondary N) is 1. The Labute approximate surface area is 76.2 Å². The summed E-state index contributed by atoms with van der Waals surface area (Å²) in [4.78, 5) is 0. The molecule has 0 unspecified atom stereocenters. The molecule has 12 heavy (non-hydrogen) atoms. The van der Waals surface area contributed by atoms with Gasteiger partial charge < -0.3 is 5.32 Å². The molecular weight excluding hydrogens is 146 g/mol. The fraction of sp³-hybridized carbons (Fsp3) is 0.636. The van der Waals surface area contributed by atoms with E-state index in [1.54, 1.807) is 0 Å². The molecule has 1 N–H and O–H groups in total. The van der Waals surface area contributed by atoms with Crippen LogP contribution in [0.25, 0.3) is 0 Å². The van der Waals surface area contributed by atoms with E-state index >= 15 is 0 Å². The zero-order valence-corrected chi connectivity index (χ0v) is 8.19. The minimum Gasteiger partial charge on any atom is -0.317 e. The van der Waals surface area contributed by atoms with Gasteiger partial charge in [0.25, 0.3) is 0 Å². The fourth-order valence-corrected chi connectivity index (χ4v) is 0.878. The maximum Gasteiger partial charge on any atom is 0.0123 e. The average Bonchev–Trinajstić information content (AvgIpc) is 2.10. The lowest BCUT2D eigenvalue weighted by molar-refractivity contribution is 0.725. The van der Waals surface area contributed by atoms with E-state index < -0.39 is 0 Å². The molecule has 0 aliphatic heterocycles. The van der Waals surface area contributed by atoms with E-state index in [-0.39, 0.29) is 0 Å². The largest absolute Gasteiger partial charge is 0.317 e. The van der Waals surface area contributed by atoms with Crippen LogP contribution in [-0.4, -0.2) is 13.1 Å². The molecule has 0 heterocycles. The molecule has 0 radical (unpaired) electrons. The van der Waals surface area contributed by atoms with Crippen molar-refractivity contribution in [3.63, 3.8) is 0 Å². The Bertz CT molecular complexity index is 160. The van der Waals surface area contributed by atoms with Crippen molar-refractivity contribution < 1.29 is 0 Å². The molecular formula is C11H19N. The molecule has 0 spiro atoms. The first-order chi connectivity index (χ1) is 5.91. The van der Waals surface area contributed by atoms with Crippen LogP contribution in [0, 0.1) is 11.8 Å². The second-order valence-electron chi connectivity index (χ2n) is 2.58. The van der Waals surface area contributed by atoms with Crippen molar-refractivity contribution in [2.45, 2.75) is 33.1 Å². The monoisotopic (exact) mass is 165 g/mol. The maximum atomic E-state index is 3.27. The van der Waals surface area contributed by atoms with Gasteiger partial charge in [-0.2, -0.15) is 0 Å². The van der Waals surface area contributed by atoms with Crippen molar-refractivity contribution in [1.82, 2.24) is 5.32 Å². The van der Waals surface area contributed by atoms with Gasteiger partial charge >= 0.3 is 0 Å². The van der Waals surface area contributed by atoms with E-state index in [9.17, 15) is 0 Å². The second-order valence-corrected chi connectivity index (χ2v) is 2.58. The number of allylic oxidation sites excluding steroid dienone is 1. The summed E-state index contributed by atoms with van der Waals surface area (Å²) in [6.45, 7) is 6.16. The molecule has 0 aromatic heterocycles. The van der Waals surface area contributed by atoms with Gasteiger partial charge in [0.2, 0.25) is 0 Å². The molecule has 0 saturated carbocycles. The SMILES string of the molecule is CC#CCC/C=C/CCNCC. The first-order valence-corrected chi connectivity index (χ1v) is 4.67. The molecule has 0 bridgehead atoms. The molecule has 0 saturated heterocycles. The van der Waals surface area contributed by atoms with E-state index in [2.05, 4.69) is 36.2 Å². The lowest BCUT2D eigenvalue weighted by Crippen LogP contribution is -2.12. The summed E-state index contributed by atoms with van der Waals surface area (Å²) in [5.41, 5.74) is 0. The number of rotatable bonds is 6. The zero-order valence-electron chi connectivity index (χ0n) is 8.19. The van der Waals surface area contributed by atoms with Gasteiger partial charge in [-0.3, -0.25) is 0 Å². The topological polar surface area (TPSA) is 12.0 Å². The molecule has 0 aliphatic rings. The van der Waals surface area contributed by atoms with E-state index in [1.807, 2.05) is 6.92 Å². The summed E-state index contributed by atoms with van der Waals surface area (Å²) >= 11 is 0. The summed E-state index contributed by atoms with van der Waals surface area (Å²) in [5.74, 6) is 5.92. The quantitative estimate of drug-likeness (QED) is 0.362. The molecule has 0 aliphatic carbocycles. The minimum absolute atomic E-state index is 0.994. The van der Waals surface area contributed by atoms with Crippen molar-refractivity contribution in [3.05, 3.63) is 12.2 Å². The third-order valence-electron chi connectivity index (χ3n) is 1.52. The Kier molecular flexibility index (Phi) is 9.63. The highest BCUT2D eigenvalue weighted by atomic mass is 14.8. The van der Waals surface area contributed by atoms with Crippen LogP contribution >= 0.6 is 0 Å². The Morgan fingerprint density at radius 3 is 2.67 bits per heavy atom. The van der Waals surface area contributed by atoms with E-state index in [1.165, 1.54) is 0 Å². The van der Waals surface area contributed by atoms with Crippen LogP contribution in [0.1, 0.15) is 33.1 Å². The number of hydrogen-bond donors (Lipinski definition) is 1. The lowest BCUT2D eigenvalue weighted by Gasteiger charge is -1.94. The third kappa shape index (κ3) is 9.26. The molecule has 1 nitrogen and oxygen atoms in total. The molecule has 0 aromatic rings. The van der Waals surface area contributed by atoms with Crippen LogP contribution in [0.15, 0.2) is 12.2 Å². The minimum atomic E-state index is 0.994. The first kappa shape index (κ1) is 11.3. The molecule has 0 atom stereocenters. The molecule has 68 valence electrons. The Balaban J connectivity index is 3.07. The summed E-state index contributed by atoms with van der Waals surface area (Å²) in [6, 6.07) is 0. The maximum absolute atomic E-state index is 3.27.